The van der Waals surface area contributed by atoms with Crippen LogP contribution >= 0.6 is 0 Å². The average Bonchev–Trinajstić information content (AvgIpc) is 3.55. The summed E-state index contributed by atoms with van der Waals surface area (Å²) in [7, 11) is 0. The van der Waals surface area contributed by atoms with E-state index in [1.165, 1.54) is 37.1 Å². The highest BCUT2D eigenvalue weighted by molar-refractivity contribution is 5.89. The quantitative estimate of drug-likeness (QED) is 0.154. The molecule has 2 amide bonds. The summed E-state index contributed by atoms with van der Waals surface area (Å²) in [4.78, 5) is 24.9. The van der Waals surface area contributed by atoms with E-state index in [1.807, 2.05) is 30.5 Å². The van der Waals surface area contributed by atoms with Gasteiger partial charge in [0.1, 0.15) is 17.3 Å². The SMILES string of the molecule is CC1(C)CC1.O=CNc1ccc(F)cc1.O=CNc1ccc(Oc2ccnc3cc(-c4cnn(C5CCNCC5)c4)ccc23)cc1. The van der Waals surface area contributed by atoms with Crippen molar-refractivity contribution in [3.8, 4) is 22.6 Å². The van der Waals surface area contributed by atoms with Crippen LogP contribution in [-0.2, 0) is 9.59 Å². The number of carbonyl (C=O) groups excluding carboxylic acids is 2. The van der Waals surface area contributed by atoms with Crippen LogP contribution in [-0.4, -0.2) is 40.7 Å². The van der Waals surface area contributed by atoms with Crippen LogP contribution in [0.3, 0.4) is 0 Å². The highest BCUT2D eigenvalue weighted by Crippen LogP contribution is 2.43. The number of fused-ring (bicyclic) bond motifs is 1. The largest absolute Gasteiger partial charge is 0.457 e. The fraction of sp³-hybridized carbons (Fsp3) is 0.278. The van der Waals surface area contributed by atoms with Crippen LogP contribution in [0.1, 0.15) is 45.6 Å². The van der Waals surface area contributed by atoms with E-state index < -0.39 is 0 Å². The number of pyridine rings is 1. The smallest absolute Gasteiger partial charge is 0.211 e. The Morgan fingerprint density at radius 3 is 2.13 bits per heavy atom. The van der Waals surface area contributed by atoms with Gasteiger partial charge in [-0.05, 0) is 116 Å². The maximum Gasteiger partial charge on any atom is 0.211 e. The molecular weight excluding hydrogens is 583 g/mol. The fourth-order valence-electron chi connectivity index (χ4n) is 4.83. The molecule has 3 N–H and O–H groups in total. The van der Waals surface area contributed by atoms with Gasteiger partial charge in [-0.2, -0.15) is 5.10 Å². The number of amides is 2. The lowest BCUT2D eigenvalue weighted by molar-refractivity contribution is -0.106. The van der Waals surface area contributed by atoms with E-state index in [2.05, 4.69) is 62.9 Å². The van der Waals surface area contributed by atoms with Gasteiger partial charge in [0.05, 0.1) is 17.8 Å². The molecule has 2 aliphatic rings. The molecule has 9 nitrogen and oxygen atoms in total. The molecule has 7 rings (SSSR count). The van der Waals surface area contributed by atoms with Crippen LogP contribution in [0, 0.1) is 11.2 Å². The molecule has 46 heavy (non-hydrogen) atoms. The first-order chi connectivity index (χ1) is 22.3. The van der Waals surface area contributed by atoms with E-state index in [4.69, 9.17) is 4.74 Å². The van der Waals surface area contributed by atoms with Crippen molar-refractivity contribution in [3.05, 3.63) is 97.2 Å². The normalized spacial score (nSPS) is 14.9. The monoisotopic (exact) mass is 622 g/mol. The molecule has 0 atom stereocenters. The number of halogens is 1. The summed E-state index contributed by atoms with van der Waals surface area (Å²) in [6.07, 6.45) is 12.1. The molecule has 1 saturated carbocycles. The van der Waals surface area contributed by atoms with Gasteiger partial charge in [-0.15, -0.1) is 0 Å². The molecule has 3 aromatic carbocycles. The molecule has 0 spiro atoms. The highest BCUT2D eigenvalue weighted by atomic mass is 19.1. The van der Waals surface area contributed by atoms with Gasteiger partial charge in [-0.1, -0.05) is 19.9 Å². The molecule has 0 bridgehead atoms. The van der Waals surface area contributed by atoms with Crippen molar-refractivity contribution in [1.29, 1.82) is 0 Å². The topological polar surface area (TPSA) is 110 Å². The first kappa shape index (κ1) is 32.3. The van der Waals surface area contributed by atoms with Gasteiger partial charge in [0, 0.05) is 34.7 Å². The molecule has 10 heteroatoms. The van der Waals surface area contributed by atoms with Crippen molar-refractivity contribution in [2.75, 3.05) is 23.7 Å². The lowest BCUT2D eigenvalue weighted by Gasteiger charge is -2.22. The Kier molecular flexibility index (Phi) is 10.7. The van der Waals surface area contributed by atoms with Crippen LogP contribution in [0.5, 0.6) is 11.5 Å². The number of benzene rings is 3. The molecule has 1 aliphatic heterocycles. The molecule has 5 aromatic rings. The zero-order valence-electron chi connectivity index (χ0n) is 26.1. The van der Waals surface area contributed by atoms with E-state index in [0.717, 1.165) is 64.8 Å². The van der Waals surface area contributed by atoms with Crippen molar-refractivity contribution in [2.45, 2.75) is 45.6 Å². The zero-order chi connectivity index (χ0) is 32.4. The lowest BCUT2D eigenvalue weighted by atomic mass is 10.1. The van der Waals surface area contributed by atoms with Gasteiger partial charge in [-0.3, -0.25) is 19.3 Å². The summed E-state index contributed by atoms with van der Waals surface area (Å²) in [6.45, 7) is 6.68. The Morgan fingerprint density at radius 1 is 0.891 bits per heavy atom. The summed E-state index contributed by atoms with van der Waals surface area (Å²) in [6, 6.07) is 21.3. The molecule has 1 saturated heterocycles. The number of carbonyl (C=O) groups is 2. The summed E-state index contributed by atoms with van der Waals surface area (Å²) >= 11 is 0. The second-order valence-electron chi connectivity index (χ2n) is 12.1. The molecular formula is C36H39FN6O3. The minimum absolute atomic E-state index is 0.309. The molecule has 2 fully saturated rings. The van der Waals surface area contributed by atoms with E-state index in [9.17, 15) is 14.0 Å². The van der Waals surface area contributed by atoms with E-state index in [1.54, 1.807) is 18.3 Å². The van der Waals surface area contributed by atoms with E-state index in [0.29, 0.717) is 30.3 Å². The number of anilines is 2. The number of hydrogen-bond donors (Lipinski definition) is 3. The Balaban J connectivity index is 0.000000228. The molecule has 3 heterocycles. The minimum Gasteiger partial charge on any atom is -0.457 e. The maximum absolute atomic E-state index is 12.2. The van der Waals surface area contributed by atoms with Crippen LogP contribution in [0.2, 0.25) is 0 Å². The first-order valence-electron chi connectivity index (χ1n) is 15.4. The fourth-order valence-corrected chi connectivity index (χ4v) is 4.83. The number of nitrogens with one attached hydrogen (secondary N) is 3. The Labute approximate surface area is 268 Å². The van der Waals surface area contributed by atoms with Crippen LogP contribution in [0.15, 0.2) is 91.4 Å². The number of piperidine rings is 1. The molecule has 238 valence electrons. The zero-order valence-corrected chi connectivity index (χ0v) is 26.1. The second-order valence-corrected chi connectivity index (χ2v) is 12.1. The number of rotatable bonds is 8. The Morgan fingerprint density at radius 2 is 1.52 bits per heavy atom. The number of hydrogen-bond acceptors (Lipinski definition) is 6. The molecule has 0 unspecified atom stereocenters. The van der Waals surface area contributed by atoms with Crippen LogP contribution in [0.4, 0.5) is 15.8 Å². The molecule has 1 aliphatic carbocycles. The van der Waals surface area contributed by atoms with Gasteiger partial charge in [0.2, 0.25) is 12.8 Å². The number of aromatic nitrogens is 3. The van der Waals surface area contributed by atoms with Gasteiger partial charge in [-0.25, -0.2) is 4.39 Å². The van der Waals surface area contributed by atoms with Crippen LogP contribution in [0.25, 0.3) is 22.0 Å². The van der Waals surface area contributed by atoms with Crippen molar-refractivity contribution >= 4 is 35.1 Å². The Bertz CT molecular complexity index is 1730. The van der Waals surface area contributed by atoms with Crippen molar-refractivity contribution in [1.82, 2.24) is 20.1 Å². The third kappa shape index (κ3) is 9.21. The highest BCUT2D eigenvalue weighted by Gasteiger charge is 2.30. The number of ether oxygens (including phenoxy) is 1. The summed E-state index contributed by atoms with van der Waals surface area (Å²) in [5.74, 6) is 1.12. The maximum atomic E-state index is 12.2. The minimum atomic E-state index is -0.309. The predicted octanol–water partition coefficient (Wildman–Crippen LogP) is 7.58. The van der Waals surface area contributed by atoms with Crippen LogP contribution < -0.4 is 20.7 Å². The summed E-state index contributed by atoms with van der Waals surface area (Å²) in [5.41, 5.74) is 5.10. The summed E-state index contributed by atoms with van der Waals surface area (Å²) < 4.78 is 20.4. The third-order valence-electron chi connectivity index (χ3n) is 7.95. The van der Waals surface area contributed by atoms with Crippen molar-refractivity contribution in [3.63, 3.8) is 0 Å². The standard InChI is InChI=1S/C24H23N5O2.C7H6FNO.C5H10/c30-16-27-19-2-4-21(5-3-19)31-24-9-12-26-23-13-17(1-6-22(23)24)18-14-28-29(15-18)20-7-10-25-11-8-20;8-6-1-3-7(4-2-6)9-5-10;1-5(2)3-4-5/h1-6,9,12-16,20,25H,7-8,10-11H2,(H,27,30);1-5H,(H,9,10);3-4H2,1-2H3. The molecule has 0 radical (unpaired) electrons. The summed E-state index contributed by atoms with van der Waals surface area (Å²) in [5, 5.41) is 13.9. The van der Waals surface area contributed by atoms with E-state index >= 15 is 0 Å². The van der Waals surface area contributed by atoms with Crippen molar-refractivity contribution < 1.29 is 18.7 Å². The second kappa shape index (κ2) is 15.3. The number of nitrogens with zero attached hydrogens (tertiary/aromatic N) is 3. The van der Waals surface area contributed by atoms with E-state index in [-0.39, 0.29) is 5.82 Å². The van der Waals surface area contributed by atoms with Gasteiger partial charge >= 0.3 is 0 Å². The van der Waals surface area contributed by atoms with Gasteiger partial charge < -0.3 is 20.7 Å². The molecule has 2 aromatic heterocycles. The average molecular weight is 623 g/mol. The predicted molar refractivity (Wildman–Crippen MR) is 179 cm³/mol. The lowest BCUT2D eigenvalue weighted by Crippen LogP contribution is -2.29. The van der Waals surface area contributed by atoms with Gasteiger partial charge in [0.15, 0.2) is 0 Å². The Hall–Kier alpha value is -5.09. The van der Waals surface area contributed by atoms with Gasteiger partial charge in [0.25, 0.3) is 0 Å². The third-order valence-corrected chi connectivity index (χ3v) is 7.95. The van der Waals surface area contributed by atoms with Crippen molar-refractivity contribution in [2.24, 2.45) is 5.41 Å². The first-order valence-corrected chi connectivity index (χ1v) is 15.4.